The van der Waals surface area contributed by atoms with Gasteiger partial charge in [0.2, 0.25) is 5.91 Å². The molecule has 4 nitrogen and oxygen atoms in total. The lowest BCUT2D eigenvalue weighted by Crippen LogP contribution is -2.40. The number of rotatable bonds is 4. The molecule has 0 aromatic heterocycles. The predicted molar refractivity (Wildman–Crippen MR) is 84.8 cm³/mol. The number of amides is 1. The molecule has 1 atom stereocenters. The molecule has 0 saturated heterocycles. The molecule has 1 aliphatic rings. The summed E-state index contributed by atoms with van der Waals surface area (Å²) in [5.41, 5.74) is 0.369. The molecular formula is C18H16FNO3. The van der Waals surface area contributed by atoms with Crippen molar-refractivity contribution in [1.82, 2.24) is 5.32 Å². The van der Waals surface area contributed by atoms with Crippen molar-refractivity contribution in [3.8, 4) is 11.5 Å². The zero-order valence-corrected chi connectivity index (χ0v) is 12.4. The fourth-order valence-corrected chi connectivity index (χ4v) is 2.21. The van der Waals surface area contributed by atoms with Crippen LogP contribution >= 0.6 is 0 Å². The Bertz CT molecular complexity index is 730. The molecule has 0 bridgehead atoms. The van der Waals surface area contributed by atoms with E-state index >= 15 is 0 Å². The first-order valence-corrected chi connectivity index (χ1v) is 7.31. The normalized spacial score (nSPS) is 16.3. The van der Waals surface area contributed by atoms with Gasteiger partial charge in [0, 0.05) is 11.6 Å². The fourth-order valence-electron chi connectivity index (χ4n) is 2.21. The molecule has 0 spiro atoms. The smallest absolute Gasteiger partial charge is 0.244 e. The van der Waals surface area contributed by atoms with E-state index in [2.05, 4.69) is 5.32 Å². The molecule has 1 heterocycles. The summed E-state index contributed by atoms with van der Waals surface area (Å²) in [7, 11) is 0. The molecule has 118 valence electrons. The van der Waals surface area contributed by atoms with E-state index in [1.54, 1.807) is 18.2 Å². The Hall–Kier alpha value is -2.82. The Morgan fingerprint density at radius 1 is 1.17 bits per heavy atom. The number of hydrogen-bond acceptors (Lipinski definition) is 3. The fraction of sp³-hybridized carbons (Fsp3) is 0.167. The van der Waals surface area contributed by atoms with E-state index in [4.69, 9.17) is 9.47 Å². The summed E-state index contributed by atoms with van der Waals surface area (Å²) in [5.74, 6) is 0.697. The van der Waals surface area contributed by atoms with E-state index in [-0.39, 0.29) is 17.8 Å². The van der Waals surface area contributed by atoms with Crippen LogP contribution in [0.1, 0.15) is 5.56 Å². The highest BCUT2D eigenvalue weighted by atomic mass is 19.1. The van der Waals surface area contributed by atoms with Crippen molar-refractivity contribution in [2.24, 2.45) is 0 Å². The molecular weight excluding hydrogens is 297 g/mol. The summed E-state index contributed by atoms with van der Waals surface area (Å²) in [4.78, 5) is 11.8. The maximum atomic E-state index is 13.4. The average molecular weight is 313 g/mol. The third kappa shape index (κ3) is 3.88. The van der Waals surface area contributed by atoms with Gasteiger partial charge in [0.25, 0.3) is 0 Å². The molecule has 23 heavy (non-hydrogen) atoms. The van der Waals surface area contributed by atoms with Gasteiger partial charge in [0.05, 0.1) is 6.54 Å². The van der Waals surface area contributed by atoms with Crippen LogP contribution < -0.4 is 14.8 Å². The first-order chi connectivity index (χ1) is 11.2. The Kier molecular flexibility index (Phi) is 4.57. The second kappa shape index (κ2) is 6.96. The predicted octanol–water partition coefficient (Wildman–Crippen LogP) is 2.80. The zero-order valence-electron chi connectivity index (χ0n) is 12.4. The minimum atomic E-state index is -0.364. The van der Waals surface area contributed by atoms with E-state index < -0.39 is 0 Å². The molecule has 1 aliphatic heterocycles. The van der Waals surface area contributed by atoms with Gasteiger partial charge in [0.1, 0.15) is 18.5 Å². The van der Waals surface area contributed by atoms with Crippen molar-refractivity contribution in [3.63, 3.8) is 0 Å². The first kappa shape index (κ1) is 15.1. The number of hydrogen-bond donors (Lipinski definition) is 1. The van der Waals surface area contributed by atoms with Gasteiger partial charge in [-0.3, -0.25) is 4.79 Å². The summed E-state index contributed by atoms with van der Waals surface area (Å²) in [6.07, 6.45) is 2.49. The lowest BCUT2D eigenvalue weighted by atomic mass is 10.2. The van der Waals surface area contributed by atoms with Crippen molar-refractivity contribution < 1.29 is 18.7 Å². The van der Waals surface area contributed by atoms with Crippen LogP contribution in [0.3, 0.4) is 0 Å². The van der Waals surface area contributed by atoms with Gasteiger partial charge in [-0.1, -0.05) is 30.3 Å². The number of para-hydroxylation sites is 2. The van der Waals surface area contributed by atoms with Gasteiger partial charge < -0.3 is 14.8 Å². The number of halogens is 1. The Morgan fingerprint density at radius 2 is 1.91 bits per heavy atom. The molecule has 2 aromatic carbocycles. The van der Waals surface area contributed by atoms with Gasteiger partial charge in [-0.25, -0.2) is 4.39 Å². The van der Waals surface area contributed by atoms with Crippen molar-refractivity contribution in [2.75, 3.05) is 13.2 Å². The van der Waals surface area contributed by atoms with Crippen LogP contribution in [0.4, 0.5) is 4.39 Å². The first-order valence-electron chi connectivity index (χ1n) is 7.31. The molecule has 0 fully saturated rings. The minimum Gasteiger partial charge on any atom is -0.486 e. The van der Waals surface area contributed by atoms with Crippen molar-refractivity contribution in [3.05, 3.63) is 66.0 Å². The van der Waals surface area contributed by atoms with Crippen LogP contribution in [0.15, 0.2) is 54.6 Å². The third-order valence-electron chi connectivity index (χ3n) is 3.39. The Labute approximate surface area is 133 Å². The maximum absolute atomic E-state index is 13.4. The van der Waals surface area contributed by atoms with Gasteiger partial charge >= 0.3 is 0 Å². The topological polar surface area (TPSA) is 47.6 Å². The molecule has 0 radical (unpaired) electrons. The monoisotopic (exact) mass is 313 g/mol. The van der Waals surface area contributed by atoms with E-state index in [1.807, 2.05) is 24.3 Å². The van der Waals surface area contributed by atoms with E-state index in [0.29, 0.717) is 30.2 Å². The Morgan fingerprint density at radius 3 is 2.74 bits per heavy atom. The SMILES string of the molecule is O=C(/C=C/c1ccccc1F)NC[C@@H]1COc2ccccc2O1. The van der Waals surface area contributed by atoms with Gasteiger partial charge in [0.15, 0.2) is 11.5 Å². The molecule has 5 heteroatoms. The standard InChI is InChI=1S/C18H16FNO3/c19-15-6-2-1-5-13(15)9-10-18(21)20-11-14-12-22-16-7-3-4-8-17(16)23-14/h1-10,14H,11-12H2,(H,20,21)/b10-9+/t14-/m1/s1. The van der Waals surface area contributed by atoms with Crippen LogP contribution in [0.25, 0.3) is 6.08 Å². The number of carbonyl (C=O) groups is 1. The Balaban J connectivity index is 1.51. The summed E-state index contributed by atoms with van der Waals surface area (Å²) in [6, 6.07) is 13.7. The van der Waals surface area contributed by atoms with Crippen LogP contribution in [0.2, 0.25) is 0 Å². The summed E-state index contributed by atoms with van der Waals surface area (Å²) in [6.45, 7) is 0.684. The van der Waals surface area contributed by atoms with E-state index in [0.717, 1.165) is 0 Å². The van der Waals surface area contributed by atoms with Crippen molar-refractivity contribution in [2.45, 2.75) is 6.10 Å². The van der Waals surface area contributed by atoms with Crippen LogP contribution in [0.5, 0.6) is 11.5 Å². The maximum Gasteiger partial charge on any atom is 0.244 e. The van der Waals surface area contributed by atoms with E-state index in [1.165, 1.54) is 18.2 Å². The third-order valence-corrected chi connectivity index (χ3v) is 3.39. The largest absolute Gasteiger partial charge is 0.486 e. The van der Waals surface area contributed by atoms with Crippen LogP contribution in [0, 0.1) is 5.82 Å². The number of benzene rings is 2. The van der Waals surface area contributed by atoms with Crippen LogP contribution in [-0.4, -0.2) is 25.2 Å². The summed E-state index contributed by atoms with van der Waals surface area (Å²) >= 11 is 0. The van der Waals surface area contributed by atoms with Crippen LogP contribution in [-0.2, 0) is 4.79 Å². The minimum absolute atomic E-state index is 0.254. The van der Waals surface area contributed by atoms with Gasteiger partial charge in [-0.15, -0.1) is 0 Å². The average Bonchev–Trinajstić information content (AvgIpc) is 2.59. The highest BCUT2D eigenvalue weighted by molar-refractivity contribution is 5.91. The molecule has 1 N–H and O–H groups in total. The second-order valence-electron chi connectivity index (χ2n) is 5.10. The summed E-state index contributed by atoms with van der Waals surface area (Å²) in [5, 5.41) is 2.72. The van der Waals surface area contributed by atoms with Crippen molar-refractivity contribution >= 4 is 12.0 Å². The number of fused-ring (bicyclic) bond motifs is 1. The zero-order chi connectivity index (χ0) is 16.1. The molecule has 3 rings (SSSR count). The number of ether oxygens (including phenoxy) is 2. The highest BCUT2D eigenvalue weighted by Crippen LogP contribution is 2.30. The number of nitrogens with one attached hydrogen (secondary N) is 1. The highest BCUT2D eigenvalue weighted by Gasteiger charge is 2.20. The molecule has 0 unspecified atom stereocenters. The lowest BCUT2D eigenvalue weighted by molar-refractivity contribution is -0.116. The molecule has 0 saturated carbocycles. The second-order valence-corrected chi connectivity index (χ2v) is 5.10. The molecule has 2 aromatic rings. The lowest BCUT2D eigenvalue weighted by Gasteiger charge is -2.26. The van der Waals surface area contributed by atoms with E-state index in [9.17, 15) is 9.18 Å². The van der Waals surface area contributed by atoms with Gasteiger partial charge in [-0.05, 0) is 24.3 Å². The van der Waals surface area contributed by atoms with Crippen molar-refractivity contribution in [1.29, 1.82) is 0 Å². The number of carbonyl (C=O) groups excluding carboxylic acids is 1. The summed E-state index contributed by atoms with van der Waals surface area (Å²) < 4.78 is 24.7. The van der Waals surface area contributed by atoms with Gasteiger partial charge in [-0.2, -0.15) is 0 Å². The molecule has 1 amide bonds. The molecule has 0 aliphatic carbocycles. The quantitative estimate of drug-likeness (QED) is 0.883.